The van der Waals surface area contributed by atoms with Gasteiger partial charge in [0, 0.05) is 12.6 Å². The van der Waals surface area contributed by atoms with Gasteiger partial charge in [0.25, 0.3) is 0 Å². The molecule has 0 aliphatic heterocycles. The van der Waals surface area contributed by atoms with Crippen molar-refractivity contribution in [2.24, 2.45) is 0 Å². The minimum Gasteiger partial charge on any atom is -0.389 e. The average molecular weight is 211 g/mol. The van der Waals surface area contributed by atoms with Crippen molar-refractivity contribution >= 4 is 0 Å². The molecule has 2 nitrogen and oxygen atoms in total. The van der Waals surface area contributed by atoms with E-state index in [1.165, 1.54) is 12.1 Å². The lowest BCUT2D eigenvalue weighted by Crippen LogP contribution is -2.36. The van der Waals surface area contributed by atoms with Crippen molar-refractivity contribution in [1.29, 1.82) is 0 Å². The molecule has 0 spiro atoms. The molecule has 0 heterocycles. The molecule has 15 heavy (non-hydrogen) atoms. The molecule has 1 rings (SSSR count). The summed E-state index contributed by atoms with van der Waals surface area (Å²) in [5, 5.41) is 12.7. The van der Waals surface area contributed by atoms with Gasteiger partial charge in [-0.05, 0) is 38.5 Å². The highest BCUT2D eigenvalue weighted by molar-refractivity contribution is 5.19. The predicted molar refractivity (Wildman–Crippen MR) is 59.1 cm³/mol. The molecule has 1 aromatic rings. The fourth-order valence-corrected chi connectivity index (χ4v) is 1.27. The first-order valence-electron chi connectivity index (χ1n) is 5.10. The molecule has 84 valence electrons. The summed E-state index contributed by atoms with van der Waals surface area (Å²) in [6, 6.07) is 6.49. The van der Waals surface area contributed by atoms with Gasteiger partial charge in [-0.15, -0.1) is 0 Å². The lowest BCUT2D eigenvalue weighted by molar-refractivity contribution is 0.0770. The lowest BCUT2D eigenvalue weighted by atomic mass is 10.1. The lowest BCUT2D eigenvalue weighted by Gasteiger charge is -2.21. The molecule has 0 saturated carbocycles. The first-order chi connectivity index (χ1) is 6.88. The Morgan fingerprint density at radius 2 is 1.87 bits per heavy atom. The normalized spacial score (nSPS) is 13.9. The zero-order valence-corrected chi connectivity index (χ0v) is 9.42. The highest BCUT2D eigenvalue weighted by Crippen LogP contribution is 2.13. The van der Waals surface area contributed by atoms with Crippen molar-refractivity contribution in [3.8, 4) is 0 Å². The Morgan fingerprint density at radius 1 is 1.33 bits per heavy atom. The van der Waals surface area contributed by atoms with Crippen LogP contribution in [0.1, 0.15) is 32.4 Å². The standard InChI is InChI=1S/C12H18FNO/c1-9(14-8-12(2,3)15)10-4-6-11(13)7-5-10/h4-7,9,14-15H,8H2,1-3H3. The second-order valence-corrected chi connectivity index (χ2v) is 4.47. The molecule has 2 N–H and O–H groups in total. The van der Waals surface area contributed by atoms with Crippen LogP contribution in [0.3, 0.4) is 0 Å². The summed E-state index contributed by atoms with van der Waals surface area (Å²) in [5.41, 5.74) is 0.287. The van der Waals surface area contributed by atoms with E-state index in [-0.39, 0.29) is 11.9 Å². The third kappa shape index (κ3) is 4.40. The van der Waals surface area contributed by atoms with Crippen molar-refractivity contribution in [3.05, 3.63) is 35.6 Å². The van der Waals surface area contributed by atoms with E-state index in [1.807, 2.05) is 6.92 Å². The van der Waals surface area contributed by atoms with Gasteiger partial charge >= 0.3 is 0 Å². The Balaban J connectivity index is 2.54. The molecule has 3 heteroatoms. The number of aliphatic hydroxyl groups is 1. The van der Waals surface area contributed by atoms with Crippen LogP contribution in [0.4, 0.5) is 4.39 Å². The van der Waals surface area contributed by atoms with Gasteiger partial charge in [-0.2, -0.15) is 0 Å². The average Bonchev–Trinajstić information content (AvgIpc) is 2.14. The third-order valence-electron chi connectivity index (χ3n) is 2.21. The molecule has 0 bridgehead atoms. The molecular weight excluding hydrogens is 193 g/mol. The minimum absolute atomic E-state index is 0.108. The molecule has 1 unspecified atom stereocenters. The first-order valence-corrected chi connectivity index (χ1v) is 5.10. The second kappa shape index (κ2) is 4.73. The van der Waals surface area contributed by atoms with Crippen LogP contribution in [0.2, 0.25) is 0 Å². The molecule has 0 aliphatic carbocycles. The zero-order chi connectivity index (χ0) is 11.5. The first kappa shape index (κ1) is 12.1. The Morgan fingerprint density at radius 3 is 2.33 bits per heavy atom. The van der Waals surface area contributed by atoms with Crippen molar-refractivity contribution in [3.63, 3.8) is 0 Å². The maximum atomic E-state index is 12.7. The van der Waals surface area contributed by atoms with Crippen molar-refractivity contribution in [2.75, 3.05) is 6.54 Å². The summed E-state index contributed by atoms with van der Waals surface area (Å²) < 4.78 is 12.7. The van der Waals surface area contributed by atoms with Crippen LogP contribution in [-0.2, 0) is 0 Å². The number of halogens is 1. The van der Waals surface area contributed by atoms with Crippen LogP contribution < -0.4 is 5.32 Å². The largest absolute Gasteiger partial charge is 0.389 e. The highest BCUT2D eigenvalue weighted by Gasteiger charge is 2.14. The van der Waals surface area contributed by atoms with E-state index in [9.17, 15) is 9.50 Å². The topological polar surface area (TPSA) is 32.3 Å². The Bertz CT molecular complexity index is 302. The van der Waals surface area contributed by atoms with Crippen LogP contribution in [0.25, 0.3) is 0 Å². The van der Waals surface area contributed by atoms with E-state index in [1.54, 1.807) is 26.0 Å². The van der Waals surface area contributed by atoms with Crippen molar-refractivity contribution in [2.45, 2.75) is 32.4 Å². The van der Waals surface area contributed by atoms with Gasteiger partial charge in [0.2, 0.25) is 0 Å². The van der Waals surface area contributed by atoms with Crippen LogP contribution in [0, 0.1) is 5.82 Å². The van der Waals surface area contributed by atoms with Crippen molar-refractivity contribution < 1.29 is 9.50 Å². The van der Waals surface area contributed by atoms with Crippen LogP contribution in [-0.4, -0.2) is 17.3 Å². The van der Waals surface area contributed by atoms with E-state index in [0.29, 0.717) is 6.54 Å². The number of hydrogen-bond acceptors (Lipinski definition) is 2. The van der Waals surface area contributed by atoms with Crippen LogP contribution >= 0.6 is 0 Å². The van der Waals surface area contributed by atoms with E-state index in [0.717, 1.165) is 5.56 Å². The van der Waals surface area contributed by atoms with Gasteiger partial charge in [0.15, 0.2) is 0 Å². The molecular formula is C12H18FNO. The van der Waals surface area contributed by atoms with Gasteiger partial charge in [-0.25, -0.2) is 4.39 Å². The summed E-state index contributed by atoms with van der Waals surface area (Å²) >= 11 is 0. The predicted octanol–water partition coefficient (Wildman–Crippen LogP) is 2.25. The molecule has 0 aromatic heterocycles. The van der Waals surface area contributed by atoms with Crippen molar-refractivity contribution in [1.82, 2.24) is 5.32 Å². The highest BCUT2D eigenvalue weighted by atomic mass is 19.1. The van der Waals surface area contributed by atoms with E-state index in [4.69, 9.17) is 0 Å². The SMILES string of the molecule is CC(NCC(C)(C)O)c1ccc(F)cc1. The molecule has 0 saturated heterocycles. The van der Waals surface area contributed by atoms with Crippen LogP contribution in [0.15, 0.2) is 24.3 Å². The van der Waals surface area contributed by atoms with E-state index in [2.05, 4.69) is 5.32 Å². The second-order valence-electron chi connectivity index (χ2n) is 4.47. The van der Waals surface area contributed by atoms with E-state index < -0.39 is 5.60 Å². The zero-order valence-electron chi connectivity index (χ0n) is 9.42. The molecule has 1 aromatic carbocycles. The van der Waals surface area contributed by atoms with Gasteiger partial charge in [-0.1, -0.05) is 12.1 Å². The monoisotopic (exact) mass is 211 g/mol. The third-order valence-corrected chi connectivity index (χ3v) is 2.21. The van der Waals surface area contributed by atoms with Gasteiger partial charge < -0.3 is 10.4 Å². The molecule has 1 atom stereocenters. The van der Waals surface area contributed by atoms with Gasteiger partial charge in [0.1, 0.15) is 5.82 Å². The summed E-state index contributed by atoms with van der Waals surface area (Å²) in [6.45, 7) is 5.99. The fourth-order valence-electron chi connectivity index (χ4n) is 1.27. The van der Waals surface area contributed by atoms with E-state index >= 15 is 0 Å². The number of rotatable bonds is 4. The number of benzene rings is 1. The number of hydrogen-bond donors (Lipinski definition) is 2. The maximum absolute atomic E-state index is 12.7. The number of nitrogens with one attached hydrogen (secondary N) is 1. The molecule has 0 aliphatic rings. The summed E-state index contributed by atoms with van der Waals surface area (Å²) in [6.07, 6.45) is 0. The molecule has 0 fully saturated rings. The summed E-state index contributed by atoms with van der Waals surface area (Å²) in [5.74, 6) is -0.228. The maximum Gasteiger partial charge on any atom is 0.123 e. The fraction of sp³-hybridized carbons (Fsp3) is 0.500. The minimum atomic E-state index is -0.728. The quantitative estimate of drug-likeness (QED) is 0.800. The summed E-state index contributed by atoms with van der Waals surface area (Å²) in [4.78, 5) is 0. The van der Waals surface area contributed by atoms with Gasteiger partial charge in [-0.3, -0.25) is 0 Å². The van der Waals surface area contributed by atoms with Crippen LogP contribution in [0.5, 0.6) is 0 Å². The summed E-state index contributed by atoms with van der Waals surface area (Å²) in [7, 11) is 0. The Kier molecular flexibility index (Phi) is 3.83. The molecule has 0 radical (unpaired) electrons. The Hall–Kier alpha value is -0.930. The van der Waals surface area contributed by atoms with Gasteiger partial charge in [0.05, 0.1) is 5.60 Å². The smallest absolute Gasteiger partial charge is 0.123 e. The molecule has 0 amide bonds. The Labute approximate surface area is 90.1 Å².